The summed E-state index contributed by atoms with van der Waals surface area (Å²) in [6.45, 7) is 4.31. The molecule has 4 rings (SSSR count). The Morgan fingerprint density at radius 3 is 2.65 bits per heavy atom. The number of halogens is 3. The van der Waals surface area contributed by atoms with Gasteiger partial charge in [-0.25, -0.2) is 23.1 Å². The third-order valence-corrected chi connectivity index (χ3v) is 4.95. The molecule has 0 saturated carbocycles. The van der Waals surface area contributed by atoms with Crippen molar-refractivity contribution < 1.29 is 32.2 Å². The van der Waals surface area contributed by atoms with E-state index in [1.807, 2.05) is 13.8 Å². The zero-order chi connectivity index (χ0) is 24.3. The molecule has 1 fully saturated rings. The first-order chi connectivity index (χ1) is 16.2. The molecule has 0 spiro atoms. The first-order valence-corrected chi connectivity index (χ1v) is 10.4. The van der Waals surface area contributed by atoms with Crippen molar-refractivity contribution in [2.24, 2.45) is 0 Å². The number of ether oxygens (including phenoxy) is 3. The van der Waals surface area contributed by atoms with Crippen molar-refractivity contribution in [1.82, 2.24) is 15.0 Å². The molecule has 0 bridgehead atoms. The SMILES string of the molecule is CC1(C)OCC(CCOc2ncncc2NC(=O)c2ccc(F)c(-c3c(F)cccc3F)n2)O1. The first-order valence-electron chi connectivity index (χ1n) is 10.4. The molecule has 0 radical (unpaired) electrons. The normalized spacial score (nSPS) is 16.9. The number of rotatable bonds is 7. The molecule has 11 heteroatoms. The Balaban J connectivity index is 1.47. The number of nitrogens with zero attached hydrogens (tertiary/aromatic N) is 3. The van der Waals surface area contributed by atoms with Crippen LogP contribution in [0.4, 0.5) is 18.9 Å². The molecule has 1 aliphatic heterocycles. The van der Waals surface area contributed by atoms with Gasteiger partial charge in [-0.3, -0.25) is 4.79 Å². The Morgan fingerprint density at radius 1 is 1.18 bits per heavy atom. The largest absolute Gasteiger partial charge is 0.476 e. The molecule has 178 valence electrons. The van der Waals surface area contributed by atoms with Crippen molar-refractivity contribution in [3.05, 3.63) is 66.0 Å². The van der Waals surface area contributed by atoms with Gasteiger partial charge in [0.25, 0.3) is 5.91 Å². The molecule has 3 aromatic rings. The van der Waals surface area contributed by atoms with Crippen molar-refractivity contribution in [1.29, 1.82) is 0 Å². The highest BCUT2D eigenvalue weighted by Gasteiger charge is 2.32. The number of hydrogen-bond donors (Lipinski definition) is 1. The monoisotopic (exact) mass is 474 g/mol. The molecular formula is C23H21F3N4O4. The van der Waals surface area contributed by atoms with E-state index in [2.05, 4.69) is 20.3 Å². The van der Waals surface area contributed by atoms with Gasteiger partial charge in [-0.1, -0.05) is 6.07 Å². The molecular weight excluding hydrogens is 453 g/mol. The second kappa shape index (κ2) is 9.74. The summed E-state index contributed by atoms with van der Waals surface area (Å²) in [4.78, 5) is 24.5. The molecule has 1 amide bonds. The lowest BCUT2D eigenvalue weighted by atomic mass is 10.1. The van der Waals surface area contributed by atoms with Crippen LogP contribution in [0.5, 0.6) is 5.88 Å². The summed E-state index contributed by atoms with van der Waals surface area (Å²) >= 11 is 0. The van der Waals surface area contributed by atoms with E-state index in [4.69, 9.17) is 14.2 Å². The Bertz CT molecular complexity index is 1190. The molecule has 1 unspecified atom stereocenters. The third kappa shape index (κ3) is 5.32. The summed E-state index contributed by atoms with van der Waals surface area (Å²) in [7, 11) is 0. The van der Waals surface area contributed by atoms with Crippen LogP contribution in [0.2, 0.25) is 0 Å². The topological polar surface area (TPSA) is 95.5 Å². The van der Waals surface area contributed by atoms with Gasteiger partial charge in [0.15, 0.2) is 5.79 Å². The lowest BCUT2D eigenvalue weighted by Crippen LogP contribution is -2.22. The molecule has 8 nitrogen and oxygen atoms in total. The maximum absolute atomic E-state index is 14.3. The lowest BCUT2D eigenvalue weighted by Gasteiger charge is -2.17. The van der Waals surface area contributed by atoms with E-state index in [1.165, 1.54) is 12.5 Å². The minimum atomic E-state index is -1.00. The average molecular weight is 474 g/mol. The zero-order valence-electron chi connectivity index (χ0n) is 18.3. The van der Waals surface area contributed by atoms with E-state index in [-0.39, 0.29) is 30.0 Å². The van der Waals surface area contributed by atoms with Gasteiger partial charge < -0.3 is 19.5 Å². The van der Waals surface area contributed by atoms with Crippen molar-refractivity contribution in [3.63, 3.8) is 0 Å². The molecule has 1 atom stereocenters. The molecule has 1 aliphatic rings. The Morgan fingerprint density at radius 2 is 1.94 bits per heavy atom. The van der Waals surface area contributed by atoms with Crippen LogP contribution in [-0.4, -0.2) is 46.0 Å². The van der Waals surface area contributed by atoms with Gasteiger partial charge in [0, 0.05) is 6.42 Å². The van der Waals surface area contributed by atoms with Crippen LogP contribution in [0.3, 0.4) is 0 Å². The van der Waals surface area contributed by atoms with Crippen LogP contribution in [0, 0.1) is 17.5 Å². The Kier molecular flexibility index (Phi) is 6.75. The second-order valence-electron chi connectivity index (χ2n) is 7.91. The number of hydrogen-bond acceptors (Lipinski definition) is 7. The Hall–Kier alpha value is -3.57. The predicted octanol–water partition coefficient (Wildman–Crippen LogP) is 4.13. The summed E-state index contributed by atoms with van der Waals surface area (Å²) in [5.41, 5.74) is -1.41. The van der Waals surface area contributed by atoms with Crippen LogP contribution in [-0.2, 0) is 9.47 Å². The quantitative estimate of drug-likeness (QED) is 0.550. The number of aromatic nitrogens is 3. The maximum Gasteiger partial charge on any atom is 0.274 e. The molecule has 1 N–H and O–H groups in total. The van der Waals surface area contributed by atoms with Gasteiger partial charge in [-0.15, -0.1) is 0 Å². The summed E-state index contributed by atoms with van der Waals surface area (Å²) in [6.07, 6.45) is 2.95. The number of pyridine rings is 1. The molecule has 1 aromatic carbocycles. The van der Waals surface area contributed by atoms with Gasteiger partial charge in [0.1, 0.15) is 40.9 Å². The smallest absolute Gasteiger partial charge is 0.274 e. The number of amides is 1. The number of nitrogens with one attached hydrogen (secondary N) is 1. The predicted molar refractivity (Wildman–Crippen MR) is 115 cm³/mol. The van der Waals surface area contributed by atoms with Crippen LogP contribution in [0.25, 0.3) is 11.3 Å². The fourth-order valence-corrected chi connectivity index (χ4v) is 3.37. The molecule has 1 saturated heterocycles. The summed E-state index contributed by atoms with van der Waals surface area (Å²) < 4.78 is 59.4. The van der Waals surface area contributed by atoms with Gasteiger partial charge in [0.2, 0.25) is 5.88 Å². The van der Waals surface area contributed by atoms with Crippen LogP contribution < -0.4 is 10.1 Å². The van der Waals surface area contributed by atoms with Crippen molar-refractivity contribution in [2.45, 2.75) is 32.2 Å². The van der Waals surface area contributed by atoms with Gasteiger partial charge >= 0.3 is 0 Å². The lowest BCUT2D eigenvalue weighted by molar-refractivity contribution is -0.139. The van der Waals surface area contributed by atoms with Gasteiger partial charge in [-0.05, 0) is 38.1 Å². The van der Waals surface area contributed by atoms with Crippen LogP contribution >= 0.6 is 0 Å². The molecule has 34 heavy (non-hydrogen) atoms. The highest BCUT2D eigenvalue weighted by atomic mass is 19.1. The van der Waals surface area contributed by atoms with Crippen molar-refractivity contribution >= 4 is 11.6 Å². The zero-order valence-corrected chi connectivity index (χ0v) is 18.3. The van der Waals surface area contributed by atoms with E-state index >= 15 is 0 Å². The van der Waals surface area contributed by atoms with Gasteiger partial charge in [-0.2, -0.15) is 4.98 Å². The maximum atomic E-state index is 14.3. The van der Waals surface area contributed by atoms with Crippen LogP contribution in [0.15, 0.2) is 42.9 Å². The third-order valence-electron chi connectivity index (χ3n) is 4.95. The highest BCUT2D eigenvalue weighted by Crippen LogP contribution is 2.28. The van der Waals surface area contributed by atoms with E-state index < -0.39 is 40.4 Å². The number of carbonyl (C=O) groups is 1. The summed E-state index contributed by atoms with van der Waals surface area (Å²) in [6, 6.07) is 5.10. The first kappa shape index (κ1) is 23.6. The summed E-state index contributed by atoms with van der Waals surface area (Å²) in [5.74, 6) is -4.30. The molecule has 0 aliphatic carbocycles. The summed E-state index contributed by atoms with van der Waals surface area (Å²) in [5, 5.41) is 2.53. The van der Waals surface area contributed by atoms with E-state index in [0.717, 1.165) is 30.3 Å². The fraction of sp³-hybridized carbons (Fsp3) is 0.304. The fourth-order valence-electron chi connectivity index (χ4n) is 3.37. The van der Waals surface area contributed by atoms with E-state index in [1.54, 1.807) is 0 Å². The molecule has 2 aromatic heterocycles. The van der Waals surface area contributed by atoms with Crippen molar-refractivity contribution in [3.8, 4) is 17.1 Å². The minimum Gasteiger partial charge on any atom is -0.476 e. The van der Waals surface area contributed by atoms with E-state index in [0.29, 0.717) is 13.0 Å². The number of carbonyl (C=O) groups excluding carboxylic acids is 1. The highest BCUT2D eigenvalue weighted by molar-refractivity contribution is 6.03. The number of benzene rings is 1. The van der Waals surface area contributed by atoms with Crippen LogP contribution in [0.1, 0.15) is 30.8 Å². The Labute approximate surface area is 193 Å². The molecule has 3 heterocycles. The standard InChI is InChI=1S/C23H21F3N4O4/c1-23(2)33-11-13(34-23)8-9-32-22-18(10-27-12-28-22)30-21(31)17-7-6-16(26)20(29-17)19-14(24)4-3-5-15(19)25/h3-7,10,12-13H,8-9,11H2,1-2H3,(H,30,31). The van der Waals surface area contributed by atoms with E-state index in [9.17, 15) is 18.0 Å². The van der Waals surface area contributed by atoms with Gasteiger partial charge in [0.05, 0.1) is 31.1 Å². The van der Waals surface area contributed by atoms with Crippen molar-refractivity contribution in [2.75, 3.05) is 18.5 Å². The average Bonchev–Trinajstić information content (AvgIpc) is 3.14. The minimum absolute atomic E-state index is 0.101. The number of anilines is 1. The second-order valence-corrected chi connectivity index (χ2v) is 7.91.